The Balaban J connectivity index is 2.15. The first-order chi connectivity index (χ1) is 10.1. The summed E-state index contributed by atoms with van der Waals surface area (Å²) in [7, 11) is 1.60. The summed E-state index contributed by atoms with van der Waals surface area (Å²) in [6, 6.07) is 0. The quantitative estimate of drug-likeness (QED) is 0.813. The summed E-state index contributed by atoms with van der Waals surface area (Å²) in [6.45, 7) is 6.17. The predicted octanol–water partition coefficient (Wildman–Crippen LogP) is 1.66. The molecule has 1 heterocycles. The molecule has 126 valence electrons. The van der Waals surface area contributed by atoms with E-state index in [4.69, 9.17) is 4.74 Å². The summed E-state index contributed by atoms with van der Waals surface area (Å²) in [4.78, 5) is 26.1. The average Bonchev–Trinajstić information content (AvgIpc) is 2.34. The Hall–Kier alpha value is -1.30. The highest BCUT2D eigenvalue weighted by atomic mass is 16.6. The Morgan fingerprint density at radius 1 is 1.18 bits per heavy atom. The zero-order valence-electron chi connectivity index (χ0n) is 14.1. The van der Waals surface area contributed by atoms with Crippen molar-refractivity contribution in [2.75, 3.05) is 20.1 Å². The molecule has 1 saturated carbocycles. The van der Waals surface area contributed by atoms with E-state index < -0.39 is 22.7 Å². The van der Waals surface area contributed by atoms with Gasteiger partial charge in [-0.1, -0.05) is 6.42 Å². The predicted molar refractivity (Wildman–Crippen MR) is 82.3 cm³/mol. The molecule has 2 aliphatic rings. The van der Waals surface area contributed by atoms with Crippen molar-refractivity contribution in [1.82, 2.24) is 10.2 Å². The van der Waals surface area contributed by atoms with Crippen LogP contribution in [-0.4, -0.2) is 53.3 Å². The maximum atomic E-state index is 12.3. The number of hydrogen-bond donors (Lipinski definition) is 2. The summed E-state index contributed by atoms with van der Waals surface area (Å²) >= 11 is 0. The van der Waals surface area contributed by atoms with Gasteiger partial charge in [0.05, 0.1) is 17.6 Å². The third-order valence-corrected chi connectivity index (χ3v) is 4.88. The number of amides is 2. The van der Waals surface area contributed by atoms with Gasteiger partial charge in [-0.15, -0.1) is 0 Å². The zero-order valence-corrected chi connectivity index (χ0v) is 14.1. The lowest BCUT2D eigenvalue weighted by Gasteiger charge is -2.54. The average molecular weight is 312 g/mol. The molecule has 6 heteroatoms. The van der Waals surface area contributed by atoms with Gasteiger partial charge in [0.15, 0.2) is 0 Å². The van der Waals surface area contributed by atoms with Crippen LogP contribution in [0.2, 0.25) is 0 Å². The van der Waals surface area contributed by atoms with Crippen molar-refractivity contribution >= 4 is 12.0 Å². The van der Waals surface area contributed by atoms with E-state index in [1.54, 1.807) is 7.05 Å². The molecule has 2 fully saturated rings. The fraction of sp³-hybridized carbons (Fsp3) is 0.875. The highest BCUT2D eigenvalue weighted by Gasteiger charge is 2.60. The molecule has 0 bridgehead atoms. The molecule has 0 aromatic heterocycles. The molecule has 1 unspecified atom stereocenters. The lowest BCUT2D eigenvalue weighted by molar-refractivity contribution is -0.178. The first kappa shape index (κ1) is 17.1. The lowest BCUT2D eigenvalue weighted by Crippen LogP contribution is -2.66. The van der Waals surface area contributed by atoms with Gasteiger partial charge >= 0.3 is 6.09 Å². The minimum absolute atomic E-state index is 0.118. The summed E-state index contributed by atoms with van der Waals surface area (Å²) < 4.78 is 5.40. The third kappa shape index (κ3) is 2.93. The molecule has 2 rings (SSSR count). The molecule has 0 radical (unpaired) electrons. The summed E-state index contributed by atoms with van der Waals surface area (Å²) in [5.41, 5.74) is -2.50. The molecule has 0 spiro atoms. The third-order valence-electron chi connectivity index (χ3n) is 4.88. The second-order valence-electron chi connectivity index (χ2n) is 7.55. The number of β-amino-alcohol motifs (C(OH)–C–C–N with tert-alkyl or cyclic N) is 1. The zero-order chi connectivity index (χ0) is 16.6. The van der Waals surface area contributed by atoms with Crippen LogP contribution in [0.25, 0.3) is 0 Å². The van der Waals surface area contributed by atoms with Crippen LogP contribution in [0, 0.1) is 5.41 Å². The van der Waals surface area contributed by atoms with Crippen molar-refractivity contribution in [1.29, 1.82) is 0 Å². The van der Waals surface area contributed by atoms with E-state index in [0.29, 0.717) is 32.2 Å². The highest BCUT2D eigenvalue weighted by molar-refractivity contribution is 5.85. The van der Waals surface area contributed by atoms with E-state index >= 15 is 0 Å². The molecular formula is C16H28N2O4. The maximum Gasteiger partial charge on any atom is 0.410 e. The summed E-state index contributed by atoms with van der Waals surface area (Å²) in [6.07, 6.45) is 3.07. The second kappa shape index (κ2) is 5.72. The molecule has 1 saturated heterocycles. The van der Waals surface area contributed by atoms with E-state index in [9.17, 15) is 14.7 Å². The Kier molecular flexibility index (Phi) is 4.44. The Labute approximate surface area is 132 Å². The molecule has 1 aliphatic carbocycles. The molecule has 1 atom stereocenters. The topological polar surface area (TPSA) is 78.9 Å². The van der Waals surface area contributed by atoms with Crippen molar-refractivity contribution < 1.29 is 19.4 Å². The van der Waals surface area contributed by atoms with Crippen LogP contribution in [0.1, 0.15) is 52.9 Å². The van der Waals surface area contributed by atoms with Crippen molar-refractivity contribution in [2.45, 2.75) is 64.1 Å². The minimum atomic E-state index is -1.17. The maximum absolute atomic E-state index is 12.3. The normalized spacial score (nSPS) is 27.8. The van der Waals surface area contributed by atoms with Gasteiger partial charge in [0.2, 0.25) is 5.91 Å². The van der Waals surface area contributed by atoms with Crippen molar-refractivity contribution in [2.24, 2.45) is 5.41 Å². The van der Waals surface area contributed by atoms with Crippen LogP contribution in [0.3, 0.4) is 0 Å². The summed E-state index contributed by atoms with van der Waals surface area (Å²) in [5.74, 6) is -0.118. The van der Waals surface area contributed by atoms with Gasteiger partial charge in [0, 0.05) is 13.6 Å². The number of likely N-dealkylation sites (tertiary alicyclic amines) is 1. The number of nitrogens with one attached hydrogen (secondary N) is 1. The number of aliphatic hydroxyl groups is 1. The molecule has 1 aliphatic heterocycles. The van der Waals surface area contributed by atoms with Gasteiger partial charge < -0.3 is 20.1 Å². The largest absolute Gasteiger partial charge is 0.444 e. The monoisotopic (exact) mass is 312 g/mol. The first-order valence-corrected chi connectivity index (χ1v) is 8.06. The number of rotatable bonds is 2. The summed E-state index contributed by atoms with van der Waals surface area (Å²) in [5, 5.41) is 13.8. The number of nitrogens with zero attached hydrogens (tertiary/aromatic N) is 1. The molecule has 6 nitrogen and oxygen atoms in total. The SMILES string of the molecule is CNC(=O)C1(C2(O)CCCN(C(=O)OC(C)(C)C)C2)CCC1. The molecule has 0 aromatic carbocycles. The van der Waals surface area contributed by atoms with Crippen molar-refractivity contribution in [3.8, 4) is 0 Å². The molecule has 2 amide bonds. The fourth-order valence-electron chi connectivity index (χ4n) is 3.58. The van der Waals surface area contributed by atoms with Crippen LogP contribution >= 0.6 is 0 Å². The number of piperidine rings is 1. The number of carbonyl (C=O) groups is 2. The lowest BCUT2D eigenvalue weighted by atomic mass is 9.56. The number of ether oxygens (including phenoxy) is 1. The van der Waals surface area contributed by atoms with Crippen LogP contribution in [-0.2, 0) is 9.53 Å². The molecular weight excluding hydrogens is 284 g/mol. The standard InChI is InChI=1S/C16H28N2O4/c1-14(2,3)22-13(20)18-10-6-9-16(21,11-18)15(7-5-8-15)12(19)17-4/h21H,5-11H2,1-4H3,(H,17,19). The van der Waals surface area contributed by atoms with Gasteiger partial charge in [-0.25, -0.2) is 4.79 Å². The van der Waals surface area contributed by atoms with E-state index in [-0.39, 0.29) is 12.5 Å². The molecule has 22 heavy (non-hydrogen) atoms. The Bertz CT molecular complexity index is 454. The van der Waals surface area contributed by atoms with Gasteiger partial charge in [-0.3, -0.25) is 4.79 Å². The van der Waals surface area contributed by atoms with Gasteiger partial charge in [0.1, 0.15) is 5.60 Å². The van der Waals surface area contributed by atoms with E-state index in [1.165, 1.54) is 4.90 Å². The van der Waals surface area contributed by atoms with E-state index in [1.807, 2.05) is 20.8 Å². The first-order valence-electron chi connectivity index (χ1n) is 8.06. The number of carbonyl (C=O) groups excluding carboxylic acids is 2. The van der Waals surface area contributed by atoms with Crippen LogP contribution in [0.4, 0.5) is 4.79 Å². The Morgan fingerprint density at radius 3 is 2.27 bits per heavy atom. The highest BCUT2D eigenvalue weighted by Crippen LogP contribution is 2.52. The minimum Gasteiger partial charge on any atom is -0.444 e. The molecule has 0 aromatic rings. The smallest absolute Gasteiger partial charge is 0.410 e. The number of hydrogen-bond acceptors (Lipinski definition) is 4. The van der Waals surface area contributed by atoms with Gasteiger partial charge in [0.25, 0.3) is 0 Å². The molecule has 2 N–H and O–H groups in total. The van der Waals surface area contributed by atoms with Crippen molar-refractivity contribution in [3.63, 3.8) is 0 Å². The van der Waals surface area contributed by atoms with Crippen LogP contribution in [0.5, 0.6) is 0 Å². The Morgan fingerprint density at radius 2 is 1.82 bits per heavy atom. The van der Waals surface area contributed by atoms with Gasteiger partial charge in [-0.05, 0) is 46.5 Å². The second-order valence-corrected chi connectivity index (χ2v) is 7.55. The van der Waals surface area contributed by atoms with Crippen molar-refractivity contribution in [3.05, 3.63) is 0 Å². The van der Waals surface area contributed by atoms with Crippen LogP contribution < -0.4 is 5.32 Å². The van der Waals surface area contributed by atoms with E-state index in [2.05, 4.69) is 5.32 Å². The van der Waals surface area contributed by atoms with E-state index in [0.717, 1.165) is 6.42 Å². The fourth-order valence-corrected chi connectivity index (χ4v) is 3.58. The van der Waals surface area contributed by atoms with Crippen LogP contribution in [0.15, 0.2) is 0 Å². The van der Waals surface area contributed by atoms with Gasteiger partial charge in [-0.2, -0.15) is 0 Å².